The highest BCUT2D eigenvalue weighted by Gasteiger charge is 2.08. The van der Waals surface area contributed by atoms with Gasteiger partial charge in [-0.05, 0) is 18.2 Å². The molecule has 6 heteroatoms. The van der Waals surface area contributed by atoms with Crippen LogP contribution in [0.4, 0.5) is 0 Å². The van der Waals surface area contributed by atoms with Crippen LogP contribution in [0.2, 0.25) is 0 Å². The average molecular weight is 313 g/mol. The van der Waals surface area contributed by atoms with E-state index in [0.29, 0.717) is 5.16 Å². The van der Waals surface area contributed by atoms with Crippen LogP contribution in [-0.2, 0) is 4.79 Å². The van der Waals surface area contributed by atoms with E-state index in [1.54, 1.807) is 6.20 Å². The van der Waals surface area contributed by atoms with E-state index in [-0.39, 0.29) is 5.75 Å². The van der Waals surface area contributed by atoms with Gasteiger partial charge >= 0.3 is 5.97 Å². The Kier molecular flexibility index (Phi) is 3.86. The van der Waals surface area contributed by atoms with Crippen LogP contribution in [0.3, 0.4) is 0 Å². The Morgan fingerprint density at radius 2 is 2.35 bits per heavy atom. The maximum Gasteiger partial charge on any atom is 0.313 e. The number of nitrogens with zero attached hydrogens (tertiary/aromatic N) is 2. The number of imidazole rings is 1. The first-order valence-corrected chi connectivity index (χ1v) is 6.58. The van der Waals surface area contributed by atoms with Crippen LogP contribution in [-0.4, -0.2) is 26.4 Å². The molecule has 1 aromatic heterocycles. The van der Waals surface area contributed by atoms with E-state index in [9.17, 15) is 4.79 Å². The molecule has 88 valence electrons. The molecule has 0 saturated carbocycles. The highest BCUT2D eigenvalue weighted by molar-refractivity contribution is 9.10. The molecule has 0 bridgehead atoms. The van der Waals surface area contributed by atoms with Crippen molar-refractivity contribution in [3.05, 3.63) is 41.1 Å². The third-order valence-electron chi connectivity index (χ3n) is 2.02. The minimum Gasteiger partial charge on any atom is -0.481 e. The largest absolute Gasteiger partial charge is 0.481 e. The lowest BCUT2D eigenvalue weighted by atomic mass is 10.3. The summed E-state index contributed by atoms with van der Waals surface area (Å²) in [7, 11) is 0. The van der Waals surface area contributed by atoms with E-state index in [0.717, 1.165) is 10.2 Å². The topological polar surface area (TPSA) is 55.1 Å². The number of thioether (sulfide) groups is 1. The van der Waals surface area contributed by atoms with Gasteiger partial charge in [0.2, 0.25) is 0 Å². The van der Waals surface area contributed by atoms with E-state index < -0.39 is 5.97 Å². The average Bonchev–Trinajstić information content (AvgIpc) is 2.74. The van der Waals surface area contributed by atoms with Gasteiger partial charge in [0, 0.05) is 22.6 Å². The second-order valence-corrected chi connectivity index (χ2v) is 5.10. The van der Waals surface area contributed by atoms with Gasteiger partial charge in [-0.3, -0.25) is 9.36 Å². The van der Waals surface area contributed by atoms with E-state index >= 15 is 0 Å². The summed E-state index contributed by atoms with van der Waals surface area (Å²) in [6, 6.07) is 7.75. The van der Waals surface area contributed by atoms with Crippen molar-refractivity contribution < 1.29 is 9.90 Å². The molecule has 2 aromatic rings. The highest BCUT2D eigenvalue weighted by Crippen LogP contribution is 2.22. The molecule has 1 aromatic carbocycles. The SMILES string of the molecule is O=C(O)CSc1nccn1-c1cccc(Br)c1. The minimum absolute atomic E-state index is 0.00498. The molecule has 0 fully saturated rings. The third kappa shape index (κ3) is 3.10. The zero-order valence-electron chi connectivity index (χ0n) is 8.71. The third-order valence-corrected chi connectivity index (χ3v) is 3.46. The van der Waals surface area contributed by atoms with E-state index in [1.807, 2.05) is 35.0 Å². The molecular weight excluding hydrogens is 304 g/mol. The first-order valence-electron chi connectivity index (χ1n) is 4.80. The van der Waals surface area contributed by atoms with Crippen molar-refractivity contribution in [2.45, 2.75) is 5.16 Å². The summed E-state index contributed by atoms with van der Waals surface area (Å²) in [6.45, 7) is 0. The lowest BCUT2D eigenvalue weighted by molar-refractivity contribution is -0.133. The molecule has 4 nitrogen and oxygen atoms in total. The lowest BCUT2D eigenvalue weighted by Crippen LogP contribution is -2.01. The fraction of sp³-hybridized carbons (Fsp3) is 0.0909. The second-order valence-electron chi connectivity index (χ2n) is 3.24. The summed E-state index contributed by atoms with van der Waals surface area (Å²) in [6.07, 6.45) is 3.47. The number of hydrogen-bond acceptors (Lipinski definition) is 3. The Bertz CT molecular complexity index is 542. The van der Waals surface area contributed by atoms with Crippen LogP contribution in [0.1, 0.15) is 0 Å². The standard InChI is InChI=1S/C11H9BrN2O2S/c12-8-2-1-3-9(6-8)14-5-4-13-11(14)17-7-10(15)16/h1-6H,7H2,(H,15,16). The van der Waals surface area contributed by atoms with Gasteiger partial charge < -0.3 is 5.11 Å². The van der Waals surface area contributed by atoms with Crippen molar-refractivity contribution in [3.8, 4) is 5.69 Å². The lowest BCUT2D eigenvalue weighted by Gasteiger charge is -2.06. The van der Waals surface area contributed by atoms with Gasteiger partial charge in [0.25, 0.3) is 0 Å². The van der Waals surface area contributed by atoms with Gasteiger partial charge in [0.05, 0.1) is 5.75 Å². The fourth-order valence-corrected chi connectivity index (χ4v) is 2.43. The Balaban J connectivity index is 2.27. The molecular formula is C11H9BrN2O2S. The molecule has 0 aliphatic carbocycles. The molecule has 0 aliphatic rings. The maximum absolute atomic E-state index is 10.5. The number of aliphatic carboxylic acids is 1. The van der Waals surface area contributed by atoms with Gasteiger partial charge in [0.15, 0.2) is 5.16 Å². The number of aromatic nitrogens is 2. The van der Waals surface area contributed by atoms with Crippen LogP contribution in [0, 0.1) is 0 Å². The Morgan fingerprint density at radius 1 is 1.53 bits per heavy atom. The van der Waals surface area contributed by atoms with Crippen molar-refractivity contribution in [3.63, 3.8) is 0 Å². The smallest absolute Gasteiger partial charge is 0.313 e. The van der Waals surface area contributed by atoms with E-state index in [4.69, 9.17) is 5.11 Å². The van der Waals surface area contributed by atoms with Gasteiger partial charge in [0.1, 0.15) is 0 Å². The van der Waals surface area contributed by atoms with Gasteiger partial charge in [-0.15, -0.1) is 0 Å². The molecule has 0 radical (unpaired) electrons. The quantitative estimate of drug-likeness (QED) is 0.882. The van der Waals surface area contributed by atoms with Crippen LogP contribution >= 0.6 is 27.7 Å². The van der Waals surface area contributed by atoms with Crippen molar-refractivity contribution in [1.29, 1.82) is 0 Å². The predicted molar refractivity (Wildman–Crippen MR) is 69.6 cm³/mol. The molecule has 1 N–H and O–H groups in total. The summed E-state index contributed by atoms with van der Waals surface area (Å²) in [4.78, 5) is 14.7. The normalized spacial score (nSPS) is 10.4. The summed E-state index contributed by atoms with van der Waals surface area (Å²) < 4.78 is 2.83. The molecule has 17 heavy (non-hydrogen) atoms. The molecule has 2 rings (SSSR count). The molecule has 0 amide bonds. The number of carbonyl (C=O) groups is 1. The summed E-state index contributed by atoms with van der Waals surface area (Å²) in [5.41, 5.74) is 0.949. The molecule has 1 heterocycles. The molecule has 0 saturated heterocycles. The second kappa shape index (κ2) is 5.37. The van der Waals surface area contributed by atoms with E-state index in [1.165, 1.54) is 11.8 Å². The van der Waals surface area contributed by atoms with Gasteiger partial charge in [-0.25, -0.2) is 4.98 Å². The molecule has 0 atom stereocenters. The number of rotatable bonds is 4. The van der Waals surface area contributed by atoms with Crippen LogP contribution in [0.5, 0.6) is 0 Å². The molecule has 0 spiro atoms. The number of benzene rings is 1. The number of carboxylic acid groups (broad SMARTS) is 1. The first kappa shape index (κ1) is 12.2. The highest BCUT2D eigenvalue weighted by atomic mass is 79.9. The fourth-order valence-electron chi connectivity index (χ4n) is 1.35. The van der Waals surface area contributed by atoms with Crippen LogP contribution in [0.25, 0.3) is 5.69 Å². The van der Waals surface area contributed by atoms with Gasteiger partial charge in [-0.2, -0.15) is 0 Å². The zero-order chi connectivity index (χ0) is 12.3. The monoisotopic (exact) mass is 312 g/mol. The first-order chi connectivity index (χ1) is 8.16. The summed E-state index contributed by atoms with van der Waals surface area (Å²) in [5, 5.41) is 9.32. The Hall–Kier alpha value is -1.27. The molecule has 0 unspecified atom stereocenters. The summed E-state index contributed by atoms with van der Waals surface area (Å²) in [5.74, 6) is -0.843. The predicted octanol–water partition coefficient (Wildman–Crippen LogP) is 2.81. The minimum atomic E-state index is -0.848. The Labute approximate surface area is 111 Å². The van der Waals surface area contributed by atoms with Crippen LogP contribution in [0.15, 0.2) is 46.3 Å². The zero-order valence-corrected chi connectivity index (χ0v) is 11.1. The van der Waals surface area contributed by atoms with Crippen molar-refractivity contribution in [2.75, 3.05) is 5.75 Å². The maximum atomic E-state index is 10.5. The van der Waals surface area contributed by atoms with Crippen molar-refractivity contribution in [1.82, 2.24) is 9.55 Å². The number of carboxylic acids is 1. The van der Waals surface area contributed by atoms with Crippen LogP contribution < -0.4 is 0 Å². The summed E-state index contributed by atoms with van der Waals surface area (Å²) >= 11 is 4.60. The number of hydrogen-bond donors (Lipinski definition) is 1. The van der Waals surface area contributed by atoms with Crippen molar-refractivity contribution >= 4 is 33.7 Å². The molecule has 0 aliphatic heterocycles. The number of halogens is 1. The Morgan fingerprint density at radius 3 is 3.06 bits per heavy atom. The van der Waals surface area contributed by atoms with E-state index in [2.05, 4.69) is 20.9 Å². The van der Waals surface area contributed by atoms with Crippen molar-refractivity contribution in [2.24, 2.45) is 0 Å². The van der Waals surface area contributed by atoms with Gasteiger partial charge in [-0.1, -0.05) is 33.8 Å².